The minimum Gasteiger partial charge on any atom is -0.372 e. The molecule has 2 heterocycles. The summed E-state index contributed by atoms with van der Waals surface area (Å²) in [5, 5.41) is 0. The molecule has 0 radical (unpaired) electrons. The van der Waals surface area contributed by atoms with Gasteiger partial charge >= 0.3 is 0 Å². The second kappa shape index (κ2) is 14.0. The van der Waals surface area contributed by atoms with Crippen LogP contribution in [-0.4, -0.2) is 35.2 Å². The third kappa shape index (κ3) is 5.51. The minimum absolute atomic E-state index is 0.0590. The van der Waals surface area contributed by atoms with Gasteiger partial charge in [0.2, 0.25) is 0 Å². The molecule has 3 nitrogen and oxygen atoms in total. The van der Waals surface area contributed by atoms with E-state index in [1.54, 1.807) is 5.56 Å². The van der Waals surface area contributed by atoms with Crippen molar-refractivity contribution in [3.63, 3.8) is 0 Å². The van der Waals surface area contributed by atoms with Crippen LogP contribution in [0.4, 0.5) is 17.1 Å². The molecule has 0 amide bonds. The summed E-state index contributed by atoms with van der Waals surface area (Å²) in [6.07, 6.45) is 17.5. The maximum atomic E-state index is 7.37. The fourth-order valence-corrected chi connectivity index (χ4v) is 14.6. The minimum atomic E-state index is -0.0590. The van der Waals surface area contributed by atoms with E-state index in [9.17, 15) is 0 Å². The number of hydrogen-bond donors (Lipinski definition) is 0. The Morgan fingerprint density at radius 3 is 2.00 bits per heavy atom. The Morgan fingerprint density at radius 1 is 0.534 bits per heavy atom. The number of rotatable bonds is 5. The van der Waals surface area contributed by atoms with E-state index in [1.165, 1.54) is 127 Å². The van der Waals surface area contributed by atoms with E-state index in [0.29, 0.717) is 30.2 Å². The number of benzene rings is 5. The Labute approximate surface area is 346 Å². The van der Waals surface area contributed by atoms with Crippen molar-refractivity contribution in [2.24, 2.45) is 23.7 Å². The summed E-state index contributed by atoms with van der Waals surface area (Å²) in [5.74, 6) is 3.93. The number of ether oxygens (including phenoxy) is 1. The third-order valence-corrected chi connectivity index (χ3v) is 16.9. The van der Waals surface area contributed by atoms with Crippen molar-refractivity contribution < 1.29 is 4.74 Å². The maximum Gasteiger partial charge on any atom is 0.0743 e. The first-order valence-electron chi connectivity index (χ1n) is 23.3. The summed E-state index contributed by atoms with van der Waals surface area (Å²) in [6, 6.07) is 48.3. The number of hydrogen-bond acceptors (Lipinski definition) is 3. The van der Waals surface area contributed by atoms with E-state index in [1.807, 2.05) is 0 Å². The second-order valence-corrected chi connectivity index (χ2v) is 19.9. The predicted molar refractivity (Wildman–Crippen MR) is 238 cm³/mol. The van der Waals surface area contributed by atoms with Gasteiger partial charge in [-0.3, -0.25) is 4.90 Å². The van der Waals surface area contributed by atoms with Crippen molar-refractivity contribution in [1.82, 2.24) is 4.90 Å². The summed E-state index contributed by atoms with van der Waals surface area (Å²) >= 11 is 0. The van der Waals surface area contributed by atoms with Crippen molar-refractivity contribution in [2.45, 2.75) is 133 Å². The summed E-state index contributed by atoms with van der Waals surface area (Å²) in [6.45, 7) is 4.79. The first-order chi connectivity index (χ1) is 28.5. The zero-order chi connectivity index (χ0) is 38.5. The molecule has 58 heavy (non-hydrogen) atoms. The first-order valence-corrected chi connectivity index (χ1v) is 23.3. The molecular formula is C55H60N2O. The van der Waals surface area contributed by atoms with Crippen molar-refractivity contribution in [3.8, 4) is 22.3 Å². The molecule has 2 saturated heterocycles. The Bertz CT molecular complexity index is 2300. The van der Waals surface area contributed by atoms with Gasteiger partial charge in [-0.15, -0.1) is 0 Å². The zero-order valence-electron chi connectivity index (χ0n) is 34.6. The lowest BCUT2D eigenvalue weighted by molar-refractivity contribution is -0.255. The molecule has 12 rings (SSSR count). The highest BCUT2D eigenvalue weighted by Crippen LogP contribution is 2.62. The van der Waals surface area contributed by atoms with Crippen LogP contribution in [0.2, 0.25) is 0 Å². The van der Waals surface area contributed by atoms with Gasteiger partial charge in [0.1, 0.15) is 0 Å². The van der Waals surface area contributed by atoms with Crippen LogP contribution < -0.4 is 4.90 Å². The molecule has 10 atom stereocenters. The van der Waals surface area contributed by atoms with E-state index >= 15 is 0 Å². The molecule has 0 bridgehead atoms. The van der Waals surface area contributed by atoms with Crippen molar-refractivity contribution in [3.05, 3.63) is 138 Å². The predicted octanol–water partition coefficient (Wildman–Crippen LogP) is 13.6. The van der Waals surface area contributed by atoms with Crippen LogP contribution in [0.5, 0.6) is 0 Å². The molecule has 0 spiro atoms. The van der Waals surface area contributed by atoms with Gasteiger partial charge < -0.3 is 9.64 Å². The first kappa shape index (κ1) is 35.7. The van der Waals surface area contributed by atoms with Crippen LogP contribution in [0.1, 0.15) is 114 Å². The lowest BCUT2D eigenvalue weighted by Crippen LogP contribution is -2.75. The second-order valence-electron chi connectivity index (χ2n) is 19.9. The van der Waals surface area contributed by atoms with Crippen LogP contribution >= 0.6 is 0 Å². The lowest BCUT2D eigenvalue weighted by atomic mass is 9.50. The van der Waals surface area contributed by atoms with Gasteiger partial charge in [-0.05, 0) is 150 Å². The van der Waals surface area contributed by atoms with Gasteiger partial charge in [0, 0.05) is 40.6 Å². The highest BCUT2D eigenvalue weighted by Gasteiger charge is 2.62. The van der Waals surface area contributed by atoms with Crippen molar-refractivity contribution in [1.29, 1.82) is 0 Å². The molecule has 4 saturated carbocycles. The van der Waals surface area contributed by atoms with E-state index in [-0.39, 0.29) is 5.41 Å². The summed E-state index contributed by atoms with van der Waals surface area (Å²) in [7, 11) is 0. The van der Waals surface area contributed by atoms with Gasteiger partial charge in [-0.2, -0.15) is 0 Å². The SMILES string of the molecule is CC1(C)c2ccccc2-c2ccc(N(c3ccc(-c4ccccc4)cc3)c3ccc(C4CC5OC6CCCCC6N6C7CCCCC7C7CCCC4C7C56)cc3)cc21. The summed E-state index contributed by atoms with van der Waals surface area (Å²) in [5.41, 5.74) is 13.2. The Kier molecular flexibility index (Phi) is 8.60. The molecule has 5 aliphatic carbocycles. The topological polar surface area (TPSA) is 15.7 Å². The quantitative estimate of drug-likeness (QED) is 0.177. The monoisotopic (exact) mass is 764 g/mol. The van der Waals surface area contributed by atoms with Crippen LogP contribution in [0.3, 0.4) is 0 Å². The van der Waals surface area contributed by atoms with E-state index in [2.05, 4.69) is 145 Å². The van der Waals surface area contributed by atoms with E-state index in [0.717, 1.165) is 29.7 Å². The summed E-state index contributed by atoms with van der Waals surface area (Å²) in [4.78, 5) is 5.71. The van der Waals surface area contributed by atoms with Crippen LogP contribution in [0.15, 0.2) is 121 Å². The van der Waals surface area contributed by atoms with Crippen LogP contribution in [0, 0.1) is 23.7 Å². The Morgan fingerprint density at radius 2 is 1.17 bits per heavy atom. The number of anilines is 3. The van der Waals surface area contributed by atoms with Gasteiger partial charge in [0.05, 0.1) is 12.2 Å². The number of morpholine rings is 1. The molecule has 2 aliphatic heterocycles. The Balaban J connectivity index is 0.917. The highest BCUT2D eigenvalue weighted by molar-refractivity contribution is 5.86. The molecule has 7 aliphatic rings. The fourth-order valence-electron chi connectivity index (χ4n) is 14.6. The zero-order valence-corrected chi connectivity index (χ0v) is 34.6. The maximum absolute atomic E-state index is 7.37. The molecular weight excluding hydrogens is 705 g/mol. The average molecular weight is 765 g/mol. The lowest BCUT2D eigenvalue weighted by Gasteiger charge is -2.68. The van der Waals surface area contributed by atoms with Gasteiger partial charge in [0.15, 0.2) is 0 Å². The molecule has 296 valence electrons. The van der Waals surface area contributed by atoms with Crippen molar-refractivity contribution >= 4 is 17.1 Å². The molecule has 0 N–H and O–H groups in total. The largest absolute Gasteiger partial charge is 0.372 e. The smallest absolute Gasteiger partial charge is 0.0743 e. The van der Waals surface area contributed by atoms with E-state index in [4.69, 9.17) is 4.74 Å². The molecule has 5 aromatic carbocycles. The molecule has 6 fully saturated rings. The van der Waals surface area contributed by atoms with Gasteiger partial charge in [-0.1, -0.05) is 131 Å². The molecule has 5 aromatic rings. The standard InChI is InChI=1S/C55H60N2O/c1-55(2)47-19-8-6-15-41(47)42-32-31-40(33-48(42)55)56(38-27-23-36(24-28-38)35-13-4-3-5-14-35)39-29-25-37(26-30-39)46-34-52-54-53-44(17-12-18-45(46)53)43-16-7-9-20-49(43)57(54)50-21-10-11-22-51(50)58-52/h3-6,8,13-15,19,23-33,43-46,49-54H,7,9-12,16-18,20-22,34H2,1-2H3. The molecule has 0 aromatic heterocycles. The van der Waals surface area contributed by atoms with Gasteiger partial charge in [0.25, 0.3) is 0 Å². The van der Waals surface area contributed by atoms with Crippen molar-refractivity contribution in [2.75, 3.05) is 4.90 Å². The van der Waals surface area contributed by atoms with Gasteiger partial charge in [-0.25, -0.2) is 0 Å². The number of fused-ring (bicyclic) bond motifs is 8. The van der Waals surface area contributed by atoms with Crippen LogP contribution in [0.25, 0.3) is 22.3 Å². The van der Waals surface area contributed by atoms with Crippen LogP contribution in [-0.2, 0) is 10.2 Å². The normalized spacial score (nSPS) is 32.9. The molecule has 10 unspecified atom stereocenters. The molecule has 3 heteroatoms. The highest BCUT2D eigenvalue weighted by atomic mass is 16.5. The average Bonchev–Trinajstić information content (AvgIpc) is 3.51. The third-order valence-electron chi connectivity index (χ3n) is 16.9. The summed E-state index contributed by atoms with van der Waals surface area (Å²) < 4.78 is 7.37. The van der Waals surface area contributed by atoms with E-state index < -0.39 is 0 Å². The fraction of sp³-hybridized carbons (Fsp3) is 0.455. The number of nitrogens with zero attached hydrogens (tertiary/aromatic N) is 2. The Hall–Kier alpha value is -4.18. The number of piperidine rings is 1.